The fourth-order valence-electron chi connectivity index (χ4n) is 4.52. The van der Waals surface area contributed by atoms with Gasteiger partial charge in [0.15, 0.2) is 6.10 Å². The van der Waals surface area contributed by atoms with Crippen molar-refractivity contribution in [2.24, 2.45) is 0 Å². The molecule has 1 aromatic rings. The summed E-state index contributed by atoms with van der Waals surface area (Å²) in [5.41, 5.74) is 1.17. The van der Waals surface area contributed by atoms with E-state index in [0.717, 1.165) is 32.4 Å². The molecule has 3 aliphatic heterocycles. The van der Waals surface area contributed by atoms with Gasteiger partial charge in [0.05, 0.1) is 19.7 Å². The third kappa shape index (κ3) is 5.36. The SMILES string of the molecule is O=C1CCCCCN1CC(=O)N1CCOC(C(=O)N2CCN(c3ccccc3)CC2)C1. The molecule has 3 saturated heterocycles. The van der Waals surface area contributed by atoms with E-state index in [-0.39, 0.29) is 30.8 Å². The molecule has 0 N–H and O–H groups in total. The molecule has 0 aliphatic carbocycles. The maximum Gasteiger partial charge on any atom is 0.253 e. The van der Waals surface area contributed by atoms with Gasteiger partial charge in [0.1, 0.15) is 0 Å². The van der Waals surface area contributed by atoms with Crippen LogP contribution in [0.2, 0.25) is 0 Å². The number of carbonyl (C=O) groups is 3. The predicted molar refractivity (Wildman–Crippen MR) is 117 cm³/mol. The molecule has 0 saturated carbocycles. The van der Waals surface area contributed by atoms with Gasteiger partial charge in [-0.15, -0.1) is 0 Å². The first-order valence-electron chi connectivity index (χ1n) is 11.4. The van der Waals surface area contributed by atoms with E-state index >= 15 is 0 Å². The number of hydrogen-bond acceptors (Lipinski definition) is 5. The number of morpholine rings is 1. The second-order valence-electron chi connectivity index (χ2n) is 8.47. The van der Waals surface area contributed by atoms with Crippen LogP contribution < -0.4 is 4.90 Å². The van der Waals surface area contributed by atoms with Gasteiger partial charge < -0.3 is 24.3 Å². The van der Waals surface area contributed by atoms with Crippen LogP contribution in [-0.4, -0.2) is 97.5 Å². The number of piperazine rings is 1. The molecule has 31 heavy (non-hydrogen) atoms. The van der Waals surface area contributed by atoms with E-state index in [1.165, 1.54) is 5.69 Å². The third-order valence-electron chi connectivity index (χ3n) is 6.40. The van der Waals surface area contributed by atoms with E-state index < -0.39 is 6.10 Å². The molecule has 3 amide bonds. The van der Waals surface area contributed by atoms with Gasteiger partial charge in [-0.1, -0.05) is 24.6 Å². The molecule has 3 aliphatic rings. The van der Waals surface area contributed by atoms with Crippen LogP contribution in [0.1, 0.15) is 25.7 Å². The Labute approximate surface area is 183 Å². The summed E-state index contributed by atoms with van der Waals surface area (Å²) in [6.45, 7) is 4.67. The van der Waals surface area contributed by atoms with Gasteiger partial charge in [-0.2, -0.15) is 0 Å². The molecule has 8 heteroatoms. The highest BCUT2D eigenvalue weighted by molar-refractivity contribution is 5.86. The summed E-state index contributed by atoms with van der Waals surface area (Å²) < 4.78 is 5.74. The Balaban J connectivity index is 1.28. The quantitative estimate of drug-likeness (QED) is 0.715. The Kier molecular flexibility index (Phi) is 7.06. The van der Waals surface area contributed by atoms with Crippen molar-refractivity contribution in [1.29, 1.82) is 0 Å². The Bertz CT molecular complexity index is 779. The van der Waals surface area contributed by atoms with Gasteiger partial charge in [-0.3, -0.25) is 14.4 Å². The summed E-state index contributed by atoms with van der Waals surface area (Å²) in [5.74, 6) is -0.0793. The minimum Gasteiger partial charge on any atom is -0.368 e. The van der Waals surface area contributed by atoms with Gasteiger partial charge >= 0.3 is 0 Å². The molecule has 1 unspecified atom stereocenters. The first-order valence-corrected chi connectivity index (χ1v) is 11.4. The van der Waals surface area contributed by atoms with E-state index in [4.69, 9.17) is 4.74 Å². The van der Waals surface area contributed by atoms with Crippen molar-refractivity contribution in [1.82, 2.24) is 14.7 Å². The van der Waals surface area contributed by atoms with Gasteiger partial charge in [-0.05, 0) is 25.0 Å². The van der Waals surface area contributed by atoms with E-state index in [1.807, 2.05) is 23.1 Å². The average Bonchev–Trinajstić information content (AvgIpc) is 3.03. The van der Waals surface area contributed by atoms with Crippen LogP contribution >= 0.6 is 0 Å². The summed E-state index contributed by atoms with van der Waals surface area (Å²) in [4.78, 5) is 45.5. The molecule has 168 valence electrons. The van der Waals surface area contributed by atoms with Gasteiger partial charge in [0, 0.05) is 51.4 Å². The standard InChI is InChI=1S/C23H32N4O4/c28-21-9-5-2-6-10-26(21)18-22(29)27-15-16-31-20(17-27)23(30)25-13-11-24(12-14-25)19-7-3-1-4-8-19/h1,3-4,7-8,20H,2,5-6,9-18H2. The van der Waals surface area contributed by atoms with Crippen molar-refractivity contribution in [3.05, 3.63) is 30.3 Å². The van der Waals surface area contributed by atoms with Crippen LogP contribution in [-0.2, 0) is 19.1 Å². The lowest BCUT2D eigenvalue weighted by molar-refractivity contribution is -0.156. The van der Waals surface area contributed by atoms with E-state index in [2.05, 4.69) is 17.0 Å². The van der Waals surface area contributed by atoms with Crippen LogP contribution in [0.15, 0.2) is 30.3 Å². The zero-order valence-electron chi connectivity index (χ0n) is 18.1. The fraction of sp³-hybridized carbons (Fsp3) is 0.609. The summed E-state index contributed by atoms with van der Waals surface area (Å²) in [6.07, 6.45) is 2.77. The molecule has 8 nitrogen and oxygen atoms in total. The maximum atomic E-state index is 13.0. The smallest absolute Gasteiger partial charge is 0.253 e. The second-order valence-corrected chi connectivity index (χ2v) is 8.47. The maximum absolute atomic E-state index is 13.0. The fourth-order valence-corrected chi connectivity index (χ4v) is 4.52. The van der Waals surface area contributed by atoms with Crippen LogP contribution in [0.5, 0.6) is 0 Å². The lowest BCUT2D eigenvalue weighted by Gasteiger charge is -2.39. The molecular weight excluding hydrogens is 396 g/mol. The number of anilines is 1. The molecular formula is C23H32N4O4. The Hall–Kier alpha value is -2.61. The topological polar surface area (TPSA) is 73.4 Å². The molecule has 0 bridgehead atoms. The lowest BCUT2D eigenvalue weighted by Crippen LogP contribution is -2.57. The molecule has 4 rings (SSSR count). The Morgan fingerprint density at radius 3 is 2.45 bits per heavy atom. The highest BCUT2D eigenvalue weighted by Crippen LogP contribution is 2.18. The Morgan fingerprint density at radius 1 is 0.903 bits per heavy atom. The highest BCUT2D eigenvalue weighted by atomic mass is 16.5. The number of hydrogen-bond donors (Lipinski definition) is 0. The van der Waals surface area contributed by atoms with Crippen molar-refractivity contribution < 1.29 is 19.1 Å². The predicted octanol–water partition coefficient (Wildman–Crippen LogP) is 0.965. The first kappa shape index (κ1) is 21.6. The van der Waals surface area contributed by atoms with E-state index in [1.54, 1.807) is 9.80 Å². The average molecular weight is 429 g/mol. The van der Waals surface area contributed by atoms with Gasteiger partial charge in [-0.25, -0.2) is 0 Å². The third-order valence-corrected chi connectivity index (χ3v) is 6.40. The zero-order chi connectivity index (χ0) is 21.6. The number of amides is 3. The number of rotatable bonds is 4. The molecule has 0 radical (unpaired) electrons. The van der Waals surface area contributed by atoms with Crippen molar-refractivity contribution in [3.63, 3.8) is 0 Å². The molecule has 0 spiro atoms. The Morgan fingerprint density at radius 2 is 1.68 bits per heavy atom. The lowest BCUT2D eigenvalue weighted by atomic mass is 10.2. The van der Waals surface area contributed by atoms with Crippen molar-refractivity contribution in [2.75, 3.05) is 63.9 Å². The second kappa shape index (κ2) is 10.1. The minimum atomic E-state index is -0.624. The van der Waals surface area contributed by atoms with Gasteiger partial charge in [0.2, 0.25) is 11.8 Å². The van der Waals surface area contributed by atoms with E-state index in [9.17, 15) is 14.4 Å². The zero-order valence-corrected chi connectivity index (χ0v) is 18.1. The first-order chi connectivity index (χ1) is 15.1. The number of carbonyl (C=O) groups excluding carboxylic acids is 3. The summed E-state index contributed by atoms with van der Waals surface area (Å²) in [7, 11) is 0. The number of benzene rings is 1. The van der Waals surface area contributed by atoms with Crippen molar-refractivity contribution in [2.45, 2.75) is 31.8 Å². The largest absolute Gasteiger partial charge is 0.368 e. The van der Waals surface area contributed by atoms with Gasteiger partial charge in [0.25, 0.3) is 5.91 Å². The van der Waals surface area contributed by atoms with Crippen LogP contribution in [0.3, 0.4) is 0 Å². The van der Waals surface area contributed by atoms with Crippen LogP contribution in [0.4, 0.5) is 5.69 Å². The summed E-state index contributed by atoms with van der Waals surface area (Å²) in [5, 5.41) is 0. The summed E-state index contributed by atoms with van der Waals surface area (Å²) >= 11 is 0. The number of likely N-dealkylation sites (tertiary alicyclic amines) is 1. The monoisotopic (exact) mass is 428 g/mol. The summed E-state index contributed by atoms with van der Waals surface area (Å²) in [6, 6.07) is 10.2. The highest BCUT2D eigenvalue weighted by Gasteiger charge is 2.34. The van der Waals surface area contributed by atoms with Crippen molar-refractivity contribution >= 4 is 23.4 Å². The van der Waals surface area contributed by atoms with Crippen molar-refractivity contribution in [3.8, 4) is 0 Å². The van der Waals surface area contributed by atoms with E-state index in [0.29, 0.717) is 39.2 Å². The molecule has 3 fully saturated rings. The molecule has 1 aromatic carbocycles. The normalized spacial score (nSPS) is 23.0. The molecule has 3 heterocycles. The number of nitrogens with zero attached hydrogens (tertiary/aromatic N) is 4. The van der Waals surface area contributed by atoms with Crippen LogP contribution in [0, 0.1) is 0 Å². The number of ether oxygens (including phenoxy) is 1. The number of para-hydroxylation sites is 1. The molecule has 0 aromatic heterocycles. The van der Waals surface area contributed by atoms with Crippen LogP contribution in [0.25, 0.3) is 0 Å². The minimum absolute atomic E-state index is 0.0453. The molecule has 1 atom stereocenters.